The van der Waals surface area contributed by atoms with E-state index in [0.29, 0.717) is 10.2 Å². The molecule has 0 bridgehead atoms. The van der Waals surface area contributed by atoms with Crippen LogP contribution in [0.2, 0.25) is 0 Å². The fourth-order valence-electron chi connectivity index (χ4n) is 1.06. The van der Waals surface area contributed by atoms with Gasteiger partial charge in [0.1, 0.15) is 0 Å². The SMILES string of the molecule is N=C(N=C(N)N)SCc1ccc([N+](=O)[O-])cc1Br. The molecular formula is C9H10BrN5O2S. The highest BCUT2D eigenvalue weighted by Gasteiger charge is 2.09. The molecule has 0 saturated carbocycles. The van der Waals surface area contributed by atoms with Crippen molar-refractivity contribution in [1.29, 1.82) is 5.41 Å². The molecule has 18 heavy (non-hydrogen) atoms. The van der Waals surface area contributed by atoms with Crippen LogP contribution in [0, 0.1) is 15.5 Å². The molecule has 0 spiro atoms. The van der Waals surface area contributed by atoms with Gasteiger partial charge in [0.2, 0.25) is 0 Å². The van der Waals surface area contributed by atoms with Crippen molar-refractivity contribution < 1.29 is 4.92 Å². The number of halogens is 1. The van der Waals surface area contributed by atoms with Gasteiger partial charge in [-0.15, -0.1) is 0 Å². The molecule has 0 radical (unpaired) electrons. The van der Waals surface area contributed by atoms with Gasteiger partial charge in [-0.3, -0.25) is 15.5 Å². The number of thioether (sulfide) groups is 1. The summed E-state index contributed by atoms with van der Waals surface area (Å²) in [6.45, 7) is 0. The van der Waals surface area contributed by atoms with Gasteiger partial charge in [0.05, 0.1) is 4.92 Å². The Hall–Kier alpha value is -1.61. The molecule has 0 amide bonds. The van der Waals surface area contributed by atoms with Crippen molar-refractivity contribution in [3.8, 4) is 0 Å². The Morgan fingerprint density at radius 3 is 2.72 bits per heavy atom. The minimum Gasteiger partial charge on any atom is -0.370 e. The topological polar surface area (TPSA) is 131 Å². The lowest BCUT2D eigenvalue weighted by Crippen LogP contribution is -2.23. The number of amidine groups is 1. The van der Waals surface area contributed by atoms with E-state index < -0.39 is 4.92 Å². The summed E-state index contributed by atoms with van der Waals surface area (Å²) >= 11 is 4.37. The van der Waals surface area contributed by atoms with Gasteiger partial charge in [-0.2, -0.15) is 4.99 Å². The second kappa shape index (κ2) is 6.36. The number of benzene rings is 1. The van der Waals surface area contributed by atoms with Crippen molar-refractivity contribution in [2.75, 3.05) is 0 Å². The van der Waals surface area contributed by atoms with Gasteiger partial charge >= 0.3 is 0 Å². The quantitative estimate of drug-likeness (QED) is 0.336. The van der Waals surface area contributed by atoms with E-state index in [0.717, 1.165) is 17.3 Å². The Balaban J connectivity index is 2.72. The molecule has 0 aromatic heterocycles. The molecule has 9 heteroatoms. The van der Waals surface area contributed by atoms with E-state index in [4.69, 9.17) is 16.9 Å². The number of guanidine groups is 1. The predicted octanol–water partition coefficient (Wildman–Crippen LogP) is 1.80. The summed E-state index contributed by atoms with van der Waals surface area (Å²) in [5.41, 5.74) is 11.1. The molecule has 7 nitrogen and oxygen atoms in total. The van der Waals surface area contributed by atoms with Crippen LogP contribution < -0.4 is 11.5 Å². The van der Waals surface area contributed by atoms with Crippen molar-refractivity contribution in [3.63, 3.8) is 0 Å². The number of nitro benzene ring substituents is 1. The van der Waals surface area contributed by atoms with Crippen molar-refractivity contribution >= 4 is 44.5 Å². The second-order valence-electron chi connectivity index (χ2n) is 3.16. The monoisotopic (exact) mass is 331 g/mol. The average Bonchev–Trinajstić information content (AvgIpc) is 2.26. The van der Waals surface area contributed by atoms with E-state index in [1.165, 1.54) is 12.1 Å². The normalized spacial score (nSPS) is 9.83. The highest BCUT2D eigenvalue weighted by Crippen LogP contribution is 2.26. The number of aliphatic imine (C=N–C) groups is 1. The number of nitrogens with zero attached hydrogens (tertiary/aromatic N) is 2. The molecule has 1 rings (SSSR count). The molecule has 0 aliphatic carbocycles. The van der Waals surface area contributed by atoms with Crippen LogP contribution in [0.1, 0.15) is 5.56 Å². The molecule has 0 aliphatic rings. The molecule has 0 heterocycles. The molecular weight excluding hydrogens is 322 g/mol. The molecule has 0 fully saturated rings. The third kappa shape index (κ3) is 4.34. The van der Waals surface area contributed by atoms with Gasteiger partial charge in [-0.05, 0) is 5.56 Å². The molecule has 1 aromatic rings. The van der Waals surface area contributed by atoms with Crippen LogP contribution in [-0.2, 0) is 5.75 Å². The van der Waals surface area contributed by atoms with Gasteiger partial charge in [0, 0.05) is 22.4 Å². The number of nitro groups is 1. The van der Waals surface area contributed by atoms with Gasteiger partial charge in [-0.1, -0.05) is 33.8 Å². The Labute approximate surface area is 115 Å². The van der Waals surface area contributed by atoms with Crippen molar-refractivity contribution in [2.45, 2.75) is 5.75 Å². The highest BCUT2D eigenvalue weighted by atomic mass is 79.9. The molecule has 0 atom stereocenters. The molecule has 0 aliphatic heterocycles. The molecule has 0 saturated heterocycles. The van der Waals surface area contributed by atoms with Crippen molar-refractivity contribution in [2.24, 2.45) is 16.5 Å². The van der Waals surface area contributed by atoms with Crippen LogP contribution >= 0.6 is 27.7 Å². The number of rotatable bonds is 3. The number of non-ortho nitro benzene ring substituents is 1. The van der Waals surface area contributed by atoms with E-state index in [-0.39, 0.29) is 16.8 Å². The summed E-state index contributed by atoms with van der Waals surface area (Å²) in [6, 6.07) is 4.45. The van der Waals surface area contributed by atoms with E-state index in [1.807, 2.05) is 0 Å². The first-order chi connectivity index (χ1) is 8.40. The third-order valence-electron chi connectivity index (χ3n) is 1.84. The Kier molecular flexibility index (Phi) is 5.10. The van der Waals surface area contributed by atoms with E-state index in [2.05, 4.69) is 20.9 Å². The van der Waals surface area contributed by atoms with Gasteiger partial charge in [-0.25, -0.2) is 0 Å². The molecule has 5 N–H and O–H groups in total. The smallest absolute Gasteiger partial charge is 0.270 e. The standard InChI is InChI=1S/C9H10BrN5O2S/c10-7-3-6(15(16)17)2-1-5(7)4-18-9(13)14-8(11)12/h1-3H,4H2,(H5,11,12,13,14). The Bertz CT molecular complexity index is 516. The maximum atomic E-state index is 10.6. The lowest BCUT2D eigenvalue weighted by molar-refractivity contribution is -0.384. The van der Waals surface area contributed by atoms with Crippen LogP contribution in [-0.4, -0.2) is 16.1 Å². The lowest BCUT2D eigenvalue weighted by Gasteiger charge is -2.03. The number of nitrogens with two attached hydrogens (primary N) is 2. The largest absolute Gasteiger partial charge is 0.370 e. The molecule has 0 unspecified atom stereocenters. The third-order valence-corrected chi connectivity index (χ3v) is 3.40. The van der Waals surface area contributed by atoms with Crippen LogP contribution in [0.4, 0.5) is 5.69 Å². The van der Waals surface area contributed by atoms with Crippen molar-refractivity contribution in [3.05, 3.63) is 38.3 Å². The molecule has 96 valence electrons. The lowest BCUT2D eigenvalue weighted by atomic mass is 10.2. The minimum atomic E-state index is -0.469. The van der Waals surface area contributed by atoms with E-state index >= 15 is 0 Å². The summed E-state index contributed by atoms with van der Waals surface area (Å²) in [4.78, 5) is 13.6. The van der Waals surface area contributed by atoms with Crippen LogP contribution in [0.3, 0.4) is 0 Å². The second-order valence-corrected chi connectivity index (χ2v) is 4.98. The first-order valence-electron chi connectivity index (χ1n) is 4.64. The Morgan fingerprint density at radius 1 is 1.56 bits per heavy atom. The van der Waals surface area contributed by atoms with Crippen LogP contribution in [0.5, 0.6) is 0 Å². The number of nitrogens with one attached hydrogen (secondary N) is 1. The van der Waals surface area contributed by atoms with Crippen molar-refractivity contribution in [1.82, 2.24) is 0 Å². The summed E-state index contributed by atoms with van der Waals surface area (Å²) in [7, 11) is 0. The van der Waals surface area contributed by atoms with Crippen LogP contribution in [0.15, 0.2) is 27.7 Å². The van der Waals surface area contributed by atoms with Gasteiger partial charge < -0.3 is 11.5 Å². The molecule has 1 aromatic carbocycles. The fourth-order valence-corrected chi connectivity index (χ4v) is 2.47. The first-order valence-corrected chi connectivity index (χ1v) is 6.42. The van der Waals surface area contributed by atoms with E-state index in [9.17, 15) is 10.1 Å². The average molecular weight is 332 g/mol. The van der Waals surface area contributed by atoms with Crippen LogP contribution in [0.25, 0.3) is 0 Å². The predicted molar refractivity (Wildman–Crippen MR) is 75.6 cm³/mol. The zero-order valence-electron chi connectivity index (χ0n) is 9.09. The number of hydrogen-bond acceptors (Lipinski definition) is 4. The highest BCUT2D eigenvalue weighted by molar-refractivity contribution is 9.10. The first kappa shape index (κ1) is 14.5. The summed E-state index contributed by atoms with van der Waals surface area (Å²) in [5, 5.41) is 18.0. The zero-order chi connectivity index (χ0) is 13.7. The Morgan fingerprint density at radius 2 is 2.22 bits per heavy atom. The number of hydrogen-bond donors (Lipinski definition) is 3. The maximum absolute atomic E-state index is 10.6. The summed E-state index contributed by atoms with van der Waals surface area (Å²) in [6.07, 6.45) is 0. The van der Waals surface area contributed by atoms with Gasteiger partial charge in [0.25, 0.3) is 5.69 Å². The van der Waals surface area contributed by atoms with E-state index in [1.54, 1.807) is 6.07 Å². The maximum Gasteiger partial charge on any atom is 0.270 e. The fraction of sp³-hybridized carbons (Fsp3) is 0.111. The minimum absolute atomic E-state index is 0.00919. The summed E-state index contributed by atoms with van der Waals surface area (Å²) in [5.74, 6) is 0.268. The summed E-state index contributed by atoms with van der Waals surface area (Å²) < 4.78 is 0.613. The van der Waals surface area contributed by atoms with Gasteiger partial charge in [0.15, 0.2) is 11.1 Å². The zero-order valence-corrected chi connectivity index (χ0v) is 11.5.